The van der Waals surface area contributed by atoms with E-state index in [2.05, 4.69) is 6.92 Å². The fourth-order valence-corrected chi connectivity index (χ4v) is 1.42. The number of primary amides is 1. The minimum atomic E-state index is -0.365. The zero-order valence-electron chi connectivity index (χ0n) is 9.79. The highest BCUT2D eigenvalue weighted by atomic mass is 16.1. The van der Waals surface area contributed by atoms with E-state index in [9.17, 15) is 9.59 Å². The maximum absolute atomic E-state index is 11.4. The van der Waals surface area contributed by atoms with Crippen LogP contribution in [0.5, 0.6) is 0 Å². The fourth-order valence-electron chi connectivity index (χ4n) is 1.42. The van der Waals surface area contributed by atoms with Crippen LogP contribution in [0.2, 0.25) is 0 Å². The van der Waals surface area contributed by atoms with Crippen molar-refractivity contribution in [1.82, 2.24) is 4.90 Å². The van der Waals surface area contributed by atoms with E-state index in [0.717, 1.165) is 25.8 Å². The quantitative estimate of drug-likeness (QED) is 0.621. The Kier molecular flexibility index (Phi) is 7.91. The van der Waals surface area contributed by atoms with Crippen molar-refractivity contribution in [3.05, 3.63) is 0 Å². The average molecular weight is 214 g/mol. The second-order valence-corrected chi connectivity index (χ2v) is 3.82. The Bertz CT molecular complexity index is 205. The minimum Gasteiger partial charge on any atom is -0.369 e. The fraction of sp³-hybridized carbons (Fsp3) is 0.818. The maximum atomic E-state index is 11.4. The third-order valence-electron chi connectivity index (χ3n) is 2.14. The molecule has 0 unspecified atom stereocenters. The predicted octanol–water partition coefficient (Wildman–Crippen LogP) is 0.943. The number of ketones is 1. The number of nitrogens with two attached hydrogens (primary N) is 1. The summed E-state index contributed by atoms with van der Waals surface area (Å²) in [4.78, 5) is 24.0. The third kappa shape index (κ3) is 8.12. The van der Waals surface area contributed by atoms with E-state index in [0.29, 0.717) is 13.0 Å². The van der Waals surface area contributed by atoms with Crippen LogP contribution in [0.3, 0.4) is 0 Å². The van der Waals surface area contributed by atoms with Crippen LogP contribution < -0.4 is 5.73 Å². The SMILES string of the molecule is CCCCN(CC(N)=O)CC(=O)CCC. The van der Waals surface area contributed by atoms with Crippen molar-refractivity contribution in [3.63, 3.8) is 0 Å². The second-order valence-electron chi connectivity index (χ2n) is 3.82. The summed E-state index contributed by atoms with van der Waals surface area (Å²) >= 11 is 0. The van der Waals surface area contributed by atoms with Crippen LogP contribution in [0.4, 0.5) is 0 Å². The number of nitrogens with zero attached hydrogens (tertiary/aromatic N) is 1. The molecule has 0 aromatic heterocycles. The highest BCUT2D eigenvalue weighted by molar-refractivity contribution is 5.81. The third-order valence-corrected chi connectivity index (χ3v) is 2.14. The summed E-state index contributed by atoms with van der Waals surface area (Å²) in [5, 5.41) is 0. The summed E-state index contributed by atoms with van der Waals surface area (Å²) in [5.41, 5.74) is 5.12. The molecule has 0 aliphatic heterocycles. The predicted molar refractivity (Wildman–Crippen MR) is 60.5 cm³/mol. The topological polar surface area (TPSA) is 63.4 Å². The molecule has 0 radical (unpaired) electrons. The molecule has 4 heteroatoms. The van der Waals surface area contributed by atoms with Gasteiger partial charge in [0.2, 0.25) is 5.91 Å². The number of carbonyl (C=O) groups excluding carboxylic acids is 2. The van der Waals surface area contributed by atoms with Crippen molar-refractivity contribution in [2.24, 2.45) is 5.73 Å². The Morgan fingerprint density at radius 3 is 2.27 bits per heavy atom. The molecule has 0 fully saturated rings. The number of carbonyl (C=O) groups is 2. The molecule has 4 nitrogen and oxygen atoms in total. The van der Waals surface area contributed by atoms with Gasteiger partial charge in [-0.2, -0.15) is 0 Å². The van der Waals surface area contributed by atoms with Gasteiger partial charge in [0.05, 0.1) is 13.1 Å². The lowest BCUT2D eigenvalue weighted by atomic mass is 10.2. The van der Waals surface area contributed by atoms with Crippen LogP contribution in [-0.4, -0.2) is 36.2 Å². The van der Waals surface area contributed by atoms with Gasteiger partial charge in [-0.05, 0) is 19.4 Å². The van der Waals surface area contributed by atoms with Gasteiger partial charge in [-0.3, -0.25) is 14.5 Å². The first kappa shape index (κ1) is 14.1. The first-order valence-electron chi connectivity index (χ1n) is 5.62. The number of Topliss-reactive ketones (excluding diaryl/α,β-unsaturated/α-hetero) is 1. The molecule has 0 atom stereocenters. The van der Waals surface area contributed by atoms with Crippen molar-refractivity contribution >= 4 is 11.7 Å². The van der Waals surface area contributed by atoms with Crippen LogP contribution in [0.15, 0.2) is 0 Å². The van der Waals surface area contributed by atoms with E-state index in [4.69, 9.17) is 5.73 Å². The molecule has 0 bridgehead atoms. The van der Waals surface area contributed by atoms with E-state index >= 15 is 0 Å². The van der Waals surface area contributed by atoms with E-state index in [-0.39, 0.29) is 18.2 Å². The van der Waals surface area contributed by atoms with Crippen LogP contribution >= 0.6 is 0 Å². The minimum absolute atomic E-state index is 0.190. The van der Waals surface area contributed by atoms with Gasteiger partial charge in [-0.1, -0.05) is 20.3 Å². The van der Waals surface area contributed by atoms with E-state index in [1.165, 1.54) is 0 Å². The van der Waals surface area contributed by atoms with Crippen LogP contribution in [0.25, 0.3) is 0 Å². The molecule has 0 rings (SSSR count). The molecule has 0 aromatic rings. The van der Waals surface area contributed by atoms with Crippen molar-refractivity contribution in [3.8, 4) is 0 Å². The van der Waals surface area contributed by atoms with E-state index in [1.54, 1.807) is 0 Å². The highest BCUT2D eigenvalue weighted by Crippen LogP contribution is 1.98. The standard InChI is InChI=1S/C11H22N2O2/c1-3-5-7-13(9-11(12)15)8-10(14)6-4-2/h3-9H2,1-2H3,(H2,12,15). The van der Waals surface area contributed by atoms with Gasteiger partial charge < -0.3 is 5.73 Å². The van der Waals surface area contributed by atoms with Gasteiger partial charge in [-0.15, -0.1) is 0 Å². The van der Waals surface area contributed by atoms with E-state index in [1.807, 2.05) is 11.8 Å². The molecule has 0 spiro atoms. The Morgan fingerprint density at radius 1 is 1.13 bits per heavy atom. The second kappa shape index (κ2) is 8.41. The summed E-state index contributed by atoms with van der Waals surface area (Å²) in [6.07, 6.45) is 3.49. The summed E-state index contributed by atoms with van der Waals surface area (Å²) in [7, 11) is 0. The monoisotopic (exact) mass is 214 g/mol. The first-order chi connectivity index (χ1) is 7.10. The lowest BCUT2D eigenvalue weighted by molar-refractivity contribution is -0.122. The van der Waals surface area contributed by atoms with Gasteiger partial charge >= 0.3 is 0 Å². The molecule has 2 N–H and O–H groups in total. The molecule has 0 aliphatic rings. The summed E-state index contributed by atoms with van der Waals surface area (Å²) in [5.74, 6) is -0.176. The average Bonchev–Trinajstić information content (AvgIpc) is 2.13. The largest absolute Gasteiger partial charge is 0.369 e. The van der Waals surface area contributed by atoms with E-state index < -0.39 is 0 Å². The smallest absolute Gasteiger partial charge is 0.231 e. The number of unbranched alkanes of at least 4 members (excludes halogenated alkanes) is 1. The van der Waals surface area contributed by atoms with Gasteiger partial charge in [0.1, 0.15) is 5.78 Å². The Hall–Kier alpha value is -0.900. The van der Waals surface area contributed by atoms with Gasteiger partial charge in [0.25, 0.3) is 0 Å². The van der Waals surface area contributed by atoms with Crippen LogP contribution in [0, 0.1) is 0 Å². The molecule has 15 heavy (non-hydrogen) atoms. The Morgan fingerprint density at radius 2 is 1.80 bits per heavy atom. The molecule has 0 aromatic carbocycles. The Balaban J connectivity index is 3.98. The van der Waals surface area contributed by atoms with Crippen LogP contribution in [-0.2, 0) is 9.59 Å². The number of hydrogen-bond acceptors (Lipinski definition) is 3. The van der Waals surface area contributed by atoms with Gasteiger partial charge in [0, 0.05) is 6.42 Å². The molecule has 0 saturated carbocycles. The summed E-state index contributed by atoms with van der Waals surface area (Å²) in [6, 6.07) is 0. The number of amides is 1. The lowest BCUT2D eigenvalue weighted by Gasteiger charge is -2.19. The molecular formula is C11H22N2O2. The number of hydrogen-bond donors (Lipinski definition) is 1. The number of rotatable bonds is 9. The molecule has 0 heterocycles. The molecule has 0 aliphatic carbocycles. The Labute approximate surface area is 91.8 Å². The van der Waals surface area contributed by atoms with Gasteiger partial charge in [-0.25, -0.2) is 0 Å². The van der Waals surface area contributed by atoms with Crippen molar-refractivity contribution in [1.29, 1.82) is 0 Å². The first-order valence-corrected chi connectivity index (χ1v) is 5.62. The highest BCUT2D eigenvalue weighted by Gasteiger charge is 2.11. The molecule has 0 saturated heterocycles. The maximum Gasteiger partial charge on any atom is 0.231 e. The summed E-state index contributed by atoms with van der Waals surface area (Å²) in [6.45, 7) is 5.37. The van der Waals surface area contributed by atoms with Crippen molar-refractivity contribution < 1.29 is 9.59 Å². The molecule has 88 valence electrons. The summed E-state index contributed by atoms with van der Waals surface area (Å²) < 4.78 is 0. The van der Waals surface area contributed by atoms with Crippen molar-refractivity contribution in [2.75, 3.05) is 19.6 Å². The lowest BCUT2D eigenvalue weighted by Crippen LogP contribution is -2.37. The molecule has 1 amide bonds. The van der Waals surface area contributed by atoms with Crippen molar-refractivity contribution in [2.45, 2.75) is 39.5 Å². The normalized spacial score (nSPS) is 10.6. The van der Waals surface area contributed by atoms with Crippen LogP contribution in [0.1, 0.15) is 39.5 Å². The van der Waals surface area contributed by atoms with Gasteiger partial charge in [0.15, 0.2) is 0 Å². The zero-order chi connectivity index (χ0) is 11.7. The zero-order valence-corrected chi connectivity index (χ0v) is 9.79. The molecular weight excluding hydrogens is 192 g/mol.